The number of nitrogens with two attached hydrogens (primary N) is 1. The largest absolute Gasteiger partial charge is 0.354 e. The van der Waals surface area contributed by atoms with Crippen molar-refractivity contribution in [1.82, 2.24) is 15.3 Å². The van der Waals surface area contributed by atoms with Gasteiger partial charge in [-0.05, 0) is 0 Å². The molecule has 1 saturated heterocycles. The Balaban J connectivity index is 2.34. The molecular formula is C12H22N6. The number of piperazine rings is 1. The fourth-order valence-electron chi connectivity index (χ4n) is 1.90. The van der Waals surface area contributed by atoms with Crippen LogP contribution in [0.3, 0.4) is 0 Å². The third kappa shape index (κ3) is 2.88. The van der Waals surface area contributed by atoms with Gasteiger partial charge in [-0.1, -0.05) is 20.8 Å². The molecule has 0 aromatic carbocycles. The number of hydrazine groups is 1. The van der Waals surface area contributed by atoms with Crippen LogP contribution in [0.5, 0.6) is 0 Å². The van der Waals surface area contributed by atoms with Crippen molar-refractivity contribution in [2.75, 3.05) is 36.5 Å². The highest BCUT2D eigenvalue weighted by Crippen LogP contribution is 2.23. The smallest absolute Gasteiger partial charge is 0.145 e. The van der Waals surface area contributed by atoms with Crippen LogP contribution in [0.2, 0.25) is 0 Å². The van der Waals surface area contributed by atoms with Crippen LogP contribution in [-0.2, 0) is 5.41 Å². The second kappa shape index (κ2) is 5.07. The Bertz CT molecular complexity index is 406. The predicted octanol–water partition coefficient (Wildman–Crippen LogP) is 0.469. The number of hydrogen-bond acceptors (Lipinski definition) is 6. The molecule has 1 aromatic rings. The Labute approximate surface area is 108 Å². The highest BCUT2D eigenvalue weighted by atomic mass is 15.3. The summed E-state index contributed by atoms with van der Waals surface area (Å²) in [6.45, 7) is 10.2. The molecular weight excluding hydrogens is 228 g/mol. The molecule has 6 nitrogen and oxygen atoms in total. The van der Waals surface area contributed by atoms with Crippen LogP contribution in [0.4, 0.5) is 11.6 Å². The van der Waals surface area contributed by atoms with E-state index >= 15 is 0 Å². The molecule has 2 rings (SSSR count). The van der Waals surface area contributed by atoms with E-state index in [0.717, 1.165) is 37.8 Å². The SMILES string of the molecule is CC(C)(C)c1nc(NN)cc(N2CCNCC2)n1. The van der Waals surface area contributed by atoms with Crippen LogP contribution in [0, 0.1) is 0 Å². The van der Waals surface area contributed by atoms with Gasteiger partial charge in [-0.2, -0.15) is 0 Å². The number of anilines is 2. The Morgan fingerprint density at radius 1 is 1.28 bits per heavy atom. The van der Waals surface area contributed by atoms with Gasteiger partial charge in [0.25, 0.3) is 0 Å². The topological polar surface area (TPSA) is 79.1 Å². The fourth-order valence-corrected chi connectivity index (χ4v) is 1.90. The second-order valence-corrected chi connectivity index (χ2v) is 5.57. The molecule has 0 amide bonds. The molecule has 0 aliphatic carbocycles. The van der Waals surface area contributed by atoms with Gasteiger partial charge in [0.2, 0.25) is 0 Å². The molecule has 0 atom stereocenters. The van der Waals surface area contributed by atoms with Gasteiger partial charge < -0.3 is 15.6 Å². The van der Waals surface area contributed by atoms with Crippen molar-refractivity contribution >= 4 is 11.6 Å². The number of rotatable bonds is 2. The second-order valence-electron chi connectivity index (χ2n) is 5.57. The average Bonchev–Trinajstić information content (AvgIpc) is 2.38. The Morgan fingerprint density at radius 2 is 1.94 bits per heavy atom. The number of nitrogens with zero attached hydrogens (tertiary/aromatic N) is 3. The normalized spacial score (nSPS) is 16.8. The predicted molar refractivity (Wildman–Crippen MR) is 73.6 cm³/mol. The summed E-state index contributed by atoms with van der Waals surface area (Å²) in [6, 6.07) is 1.90. The van der Waals surface area contributed by atoms with Crippen molar-refractivity contribution in [2.45, 2.75) is 26.2 Å². The monoisotopic (exact) mass is 250 g/mol. The third-order valence-corrected chi connectivity index (χ3v) is 2.97. The molecule has 0 radical (unpaired) electrons. The van der Waals surface area contributed by atoms with E-state index in [1.54, 1.807) is 0 Å². The molecule has 0 spiro atoms. The minimum Gasteiger partial charge on any atom is -0.354 e. The summed E-state index contributed by atoms with van der Waals surface area (Å²) in [5, 5.41) is 3.33. The zero-order valence-electron chi connectivity index (χ0n) is 11.3. The minimum atomic E-state index is -0.0877. The number of aromatic nitrogens is 2. The first-order valence-corrected chi connectivity index (χ1v) is 6.32. The van der Waals surface area contributed by atoms with E-state index in [0.29, 0.717) is 5.82 Å². The zero-order chi connectivity index (χ0) is 13.2. The number of nitrogen functional groups attached to an aromatic ring is 1. The van der Waals surface area contributed by atoms with E-state index in [-0.39, 0.29) is 5.41 Å². The molecule has 0 unspecified atom stereocenters. The van der Waals surface area contributed by atoms with Crippen molar-refractivity contribution in [3.05, 3.63) is 11.9 Å². The lowest BCUT2D eigenvalue weighted by atomic mass is 9.96. The zero-order valence-corrected chi connectivity index (χ0v) is 11.3. The van der Waals surface area contributed by atoms with Gasteiger partial charge in [0.05, 0.1) is 0 Å². The molecule has 1 aliphatic rings. The summed E-state index contributed by atoms with van der Waals surface area (Å²) in [5.41, 5.74) is 2.54. The van der Waals surface area contributed by atoms with E-state index in [4.69, 9.17) is 5.84 Å². The van der Waals surface area contributed by atoms with Crippen molar-refractivity contribution in [3.63, 3.8) is 0 Å². The number of hydrogen-bond donors (Lipinski definition) is 3. The molecule has 2 heterocycles. The average molecular weight is 250 g/mol. The summed E-state index contributed by atoms with van der Waals surface area (Å²) in [6.07, 6.45) is 0. The van der Waals surface area contributed by atoms with E-state index in [2.05, 4.69) is 46.4 Å². The van der Waals surface area contributed by atoms with E-state index < -0.39 is 0 Å². The highest BCUT2D eigenvalue weighted by molar-refractivity contribution is 5.49. The Morgan fingerprint density at radius 3 is 2.50 bits per heavy atom. The quantitative estimate of drug-likeness (QED) is 0.523. The highest BCUT2D eigenvalue weighted by Gasteiger charge is 2.21. The molecule has 0 bridgehead atoms. The Kier molecular flexibility index (Phi) is 3.68. The van der Waals surface area contributed by atoms with Crippen LogP contribution in [0.15, 0.2) is 6.07 Å². The van der Waals surface area contributed by atoms with Gasteiger partial charge >= 0.3 is 0 Å². The fraction of sp³-hybridized carbons (Fsp3) is 0.667. The first-order valence-electron chi connectivity index (χ1n) is 6.32. The lowest BCUT2D eigenvalue weighted by molar-refractivity contribution is 0.539. The molecule has 100 valence electrons. The molecule has 1 aliphatic heterocycles. The molecule has 1 fully saturated rings. The maximum absolute atomic E-state index is 5.49. The van der Waals surface area contributed by atoms with Crippen molar-refractivity contribution < 1.29 is 0 Å². The molecule has 6 heteroatoms. The summed E-state index contributed by atoms with van der Waals surface area (Å²) in [5.74, 6) is 7.92. The van der Waals surface area contributed by atoms with Crippen LogP contribution in [0.25, 0.3) is 0 Å². The summed E-state index contributed by atoms with van der Waals surface area (Å²) < 4.78 is 0. The summed E-state index contributed by atoms with van der Waals surface area (Å²) in [7, 11) is 0. The van der Waals surface area contributed by atoms with E-state index in [1.807, 2.05) is 6.07 Å². The van der Waals surface area contributed by atoms with E-state index in [1.165, 1.54) is 0 Å². The van der Waals surface area contributed by atoms with Crippen molar-refractivity contribution in [2.24, 2.45) is 5.84 Å². The van der Waals surface area contributed by atoms with Gasteiger partial charge in [-0.25, -0.2) is 15.8 Å². The minimum absolute atomic E-state index is 0.0877. The van der Waals surface area contributed by atoms with Gasteiger partial charge in [0.15, 0.2) is 0 Å². The lowest BCUT2D eigenvalue weighted by Crippen LogP contribution is -2.44. The van der Waals surface area contributed by atoms with E-state index in [9.17, 15) is 0 Å². The first-order chi connectivity index (χ1) is 8.50. The lowest BCUT2D eigenvalue weighted by Gasteiger charge is -2.29. The van der Waals surface area contributed by atoms with Crippen molar-refractivity contribution in [3.8, 4) is 0 Å². The van der Waals surface area contributed by atoms with Gasteiger partial charge in [0.1, 0.15) is 17.5 Å². The van der Waals surface area contributed by atoms with Gasteiger partial charge in [-0.3, -0.25) is 0 Å². The third-order valence-electron chi connectivity index (χ3n) is 2.97. The maximum Gasteiger partial charge on any atom is 0.145 e. The summed E-state index contributed by atoms with van der Waals surface area (Å²) >= 11 is 0. The van der Waals surface area contributed by atoms with Gasteiger partial charge in [0, 0.05) is 37.7 Å². The van der Waals surface area contributed by atoms with Crippen molar-refractivity contribution in [1.29, 1.82) is 0 Å². The molecule has 1 aromatic heterocycles. The summed E-state index contributed by atoms with van der Waals surface area (Å²) in [4.78, 5) is 11.4. The first kappa shape index (κ1) is 13.0. The molecule has 0 saturated carbocycles. The van der Waals surface area contributed by atoms with Crippen LogP contribution >= 0.6 is 0 Å². The molecule has 4 N–H and O–H groups in total. The maximum atomic E-state index is 5.49. The standard InChI is InChI=1S/C12H22N6/c1-12(2,3)11-15-9(17-13)8-10(16-11)18-6-4-14-5-7-18/h8,14H,4-7,13H2,1-3H3,(H,15,16,17). The van der Waals surface area contributed by atoms with Gasteiger partial charge in [-0.15, -0.1) is 0 Å². The number of nitrogens with one attached hydrogen (secondary N) is 2. The molecule has 18 heavy (non-hydrogen) atoms. The Hall–Kier alpha value is -1.40. The van der Waals surface area contributed by atoms with Crippen LogP contribution < -0.4 is 21.5 Å². The van der Waals surface area contributed by atoms with Crippen LogP contribution in [-0.4, -0.2) is 36.1 Å². The van der Waals surface area contributed by atoms with Crippen LogP contribution in [0.1, 0.15) is 26.6 Å².